The molecule has 1 aliphatic rings. The molecule has 5 nitrogen and oxygen atoms in total. The van der Waals surface area contributed by atoms with Crippen LogP contribution in [0.3, 0.4) is 0 Å². The Morgan fingerprint density at radius 3 is 2.68 bits per heavy atom. The smallest absolute Gasteiger partial charge is 0.135 e. The molecule has 0 spiro atoms. The fourth-order valence-corrected chi connectivity index (χ4v) is 2.58. The normalized spacial score (nSPS) is 23.4. The second-order valence-corrected chi connectivity index (χ2v) is 5.44. The molecule has 0 amide bonds. The van der Waals surface area contributed by atoms with Gasteiger partial charge in [-0.3, -0.25) is 0 Å². The predicted molar refractivity (Wildman–Crippen MR) is 77.7 cm³/mol. The number of rotatable bonds is 4. The first kappa shape index (κ1) is 14.1. The van der Waals surface area contributed by atoms with Gasteiger partial charge in [-0.1, -0.05) is 13.8 Å². The minimum Gasteiger partial charge on any atom is -0.378 e. The maximum Gasteiger partial charge on any atom is 0.135 e. The van der Waals surface area contributed by atoms with Crippen LogP contribution in [0.1, 0.15) is 45.1 Å². The Kier molecular flexibility index (Phi) is 4.58. The van der Waals surface area contributed by atoms with Gasteiger partial charge in [0, 0.05) is 25.3 Å². The molecule has 1 saturated heterocycles. The third kappa shape index (κ3) is 3.35. The van der Waals surface area contributed by atoms with E-state index in [-0.39, 0.29) is 0 Å². The first-order valence-corrected chi connectivity index (χ1v) is 7.02. The number of hydrogen-bond acceptors (Lipinski definition) is 5. The molecule has 1 aromatic heterocycles. The Bertz CT molecular complexity index is 422. The average Bonchev–Trinajstić information content (AvgIpc) is 2.38. The van der Waals surface area contributed by atoms with Gasteiger partial charge in [0.1, 0.15) is 18.0 Å². The average molecular weight is 264 g/mol. The Morgan fingerprint density at radius 2 is 2.05 bits per heavy atom. The summed E-state index contributed by atoms with van der Waals surface area (Å²) in [6.07, 6.45) is 3.99. The lowest BCUT2D eigenvalue weighted by Crippen LogP contribution is -2.33. The lowest BCUT2D eigenvalue weighted by Gasteiger charge is -2.29. The molecule has 0 aromatic carbocycles. The Morgan fingerprint density at radius 1 is 1.32 bits per heavy atom. The van der Waals surface area contributed by atoms with Gasteiger partial charge < -0.3 is 15.4 Å². The number of anilines is 2. The van der Waals surface area contributed by atoms with E-state index < -0.39 is 0 Å². The zero-order chi connectivity index (χ0) is 13.8. The van der Waals surface area contributed by atoms with Crippen molar-refractivity contribution in [1.82, 2.24) is 9.97 Å². The summed E-state index contributed by atoms with van der Waals surface area (Å²) >= 11 is 0. The molecule has 5 heteroatoms. The van der Waals surface area contributed by atoms with Crippen molar-refractivity contribution in [1.29, 1.82) is 0 Å². The fraction of sp³-hybridized carbons (Fsp3) is 0.714. The largest absolute Gasteiger partial charge is 0.378 e. The second-order valence-electron chi connectivity index (χ2n) is 5.44. The topological polar surface area (TPSA) is 59.1 Å². The van der Waals surface area contributed by atoms with Crippen molar-refractivity contribution in [3.05, 3.63) is 11.9 Å². The molecular formula is C14H24N4O. The summed E-state index contributed by atoms with van der Waals surface area (Å²) in [7, 11) is 1.90. The van der Waals surface area contributed by atoms with Crippen molar-refractivity contribution in [2.24, 2.45) is 0 Å². The Balaban J connectivity index is 2.19. The molecule has 19 heavy (non-hydrogen) atoms. The maximum absolute atomic E-state index is 5.58. The van der Waals surface area contributed by atoms with Crippen LogP contribution in [0.25, 0.3) is 0 Å². The van der Waals surface area contributed by atoms with Crippen molar-refractivity contribution in [2.45, 2.75) is 51.7 Å². The van der Waals surface area contributed by atoms with E-state index in [4.69, 9.17) is 4.74 Å². The highest BCUT2D eigenvalue weighted by Crippen LogP contribution is 2.29. The zero-order valence-corrected chi connectivity index (χ0v) is 12.2. The predicted octanol–water partition coefficient (Wildman–Crippen LogP) is 2.62. The van der Waals surface area contributed by atoms with E-state index in [1.165, 1.54) is 0 Å². The number of aromatic nitrogens is 2. The van der Waals surface area contributed by atoms with Crippen LogP contribution in [0.5, 0.6) is 0 Å². The van der Waals surface area contributed by atoms with Gasteiger partial charge in [0.2, 0.25) is 0 Å². The van der Waals surface area contributed by atoms with Crippen LogP contribution in [0.15, 0.2) is 6.33 Å². The van der Waals surface area contributed by atoms with Crippen LogP contribution in [0.4, 0.5) is 11.6 Å². The Labute approximate surface area is 115 Å². The molecule has 0 saturated carbocycles. The van der Waals surface area contributed by atoms with E-state index in [0.717, 1.165) is 36.6 Å². The van der Waals surface area contributed by atoms with Gasteiger partial charge in [0.15, 0.2) is 0 Å². The highest BCUT2D eigenvalue weighted by molar-refractivity contribution is 5.59. The first-order valence-electron chi connectivity index (χ1n) is 7.02. The standard InChI is InChI=1S/C14H24N4O/c1-9(2)12-13(15-4)16-8-17-14(12)18-11-5-6-19-10(3)7-11/h8-11H,5-7H2,1-4H3,(H2,15,16,17,18). The summed E-state index contributed by atoms with van der Waals surface area (Å²) in [4.78, 5) is 8.72. The van der Waals surface area contributed by atoms with Crippen LogP contribution in [-0.4, -0.2) is 35.8 Å². The quantitative estimate of drug-likeness (QED) is 0.875. The lowest BCUT2D eigenvalue weighted by atomic mass is 10.0. The van der Waals surface area contributed by atoms with Gasteiger partial charge in [-0.25, -0.2) is 9.97 Å². The molecule has 2 heterocycles. The van der Waals surface area contributed by atoms with Gasteiger partial charge in [0.05, 0.1) is 6.10 Å². The molecule has 1 fully saturated rings. The minimum atomic E-state index is 0.319. The van der Waals surface area contributed by atoms with Gasteiger partial charge in [-0.2, -0.15) is 0 Å². The van der Waals surface area contributed by atoms with Crippen molar-refractivity contribution >= 4 is 11.6 Å². The maximum atomic E-state index is 5.58. The van der Waals surface area contributed by atoms with Crippen LogP contribution < -0.4 is 10.6 Å². The van der Waals surface area contributed by atoms with Crippen molar-refractivity contribution in [2.75, 3.05) is 24.3 Å². The van der Waals surface area contributed by atoms with Crippen LogP contribution in [0.2, 0.25) is 0 Å². The highest BCUT2D eigenvalue weighted by atomic mass is 16.5. The zero-order valence-electron chi connectivity index (χ0n) is 12.2. The molecule has 2 N–H and O–H groups in total. The third-order valence-corrected chi connectivity index (χ3v) is 3.52. The van der Waals surface area contributed by atoms with Crippen LogP contribution in [-0.2, 0) is 4.74 Å². The molecule has 2 unspecified atom stereocenters. The van der Waals surface area contributed by atoms with E-state index in [9.17, 15) is 0 Å². The number of nitrogens with one attached hydrogen (secondary N) is 2. The summed E-state index contributed by atoms with van der Waals surface area (Å²) < 4.78 is 5.58. The summed E-state index contributed by atoms with van der Waals surface area (Å²) in [6, 6.07) is 0.431. The first-order chi connectivity index (χ1) is 9.11. The van der Waals surface area contributed by atoms with E-state index in [1.807, 2.05) is 7.05 Å². The van der Waals surface area contributed by atoms with Crippen LogP contribution in [0, 0.1) is 0 Å². The number of hydrogen-bond donors (Lipinski definition) is 2. The highest BCUT2D eigenvalue weighted by Gasteiger charge is 2.22. The monoisotopic (exact) mass is 264 g/mol. The summed E-state index contributed by atoms with van der Waals surface area (Å²) in [6.45, 7) is 7.27. The van der Waals surface area contributed by atoms with Crippen molar-refractivity contribution in [3.63, 3.8) is 0 Å². The number of nitrogens with zero attached hydrogens (tertiary/aromatic N) is 2. The van der Waals surface area contributed by atoms with Gasteiger partial charge >= 0.3 is 0 Å². The number of ether oxygens (including phenoxy) is 1. The van der Waals surface area contributed by atoms with Crippen molar-refractivity contribution in [3.8, 4) is 0 Å². The van der Waals surface area contributed by atoms with Gasteiger partial charge in [-0.05, 0) is 25.7 Å². The Hall–Kier alpha value is -1.36. The molecule has 0 radical (unpaired) electrons. The molecular weight excluding hydrogens is 240 g/mol. The van der Waals surface area contributed by atoms with E-state index in [2.05, 4.69) is 41.4 Å². The van der Waals surface area contributed by atoms with Gasteiger partial charge in [0.25, 0.3) is 0 Å². The molecule has 2 atom stereocenters. The molecule has 106 valence electrons. The summed E-state index contributed by atoms with van der Waals surface area (Å²) in [5.74, 6) is 2.24. The van der Waals surface area contributed by atoms with Gasteiger partial charge in [-0.15, -0.1) is 0 Å². The third-order valence-electron chi connectivity index (χ3n) is 3.52. The van der Waals surface area contributed by atoms with Crippen LogP contribution >= 0.6 is 0 Å². The van der Waals surface area contributed by atoms with Crippen molar-refractivity contribution < 1.29 is 4.74 Å². The molecule has 2 rings (SSSR count). The SMILES string of the molecule is CNc1ncnc(NC2CCOC(C)C2)c1C(C)C. The van der Waals surface area contributed by atoms with E-state index in [1.54, 1.807) is 6.33 Å². The second kappa shape index (κ2) is 6.19. The molecule has 0 bridgehead atoms. The van der Waals surface area contributed by atoms with E-state index >= 15 is 0 Å². The fourth-order valence-electron chi connectivity index (χ4n) is 2.58. The summed E-state index contributed by atoms with van der Waals surface area (Å²) in [5, 5.41) is 6.71. The lowest BCUT2D eigenvalue weighted by molar-refractivity contribution is 0.0231. The molecule has 1 aromatic rings. The minimum absolute atomic E-state index is 0.319. The summed E-state index contributed by atoms with van der Waals surface area (Å²) in [5.41, 5.74) is 1.16. The van der Waals surface area contributed by atoms with E-state index in [0.29, 0.717) is 18.1 Å². The molecule has 1 aliphatic heterocycles. The molecule has 0 aliphatic carbocycles.